The molecule has 0 aliphatic heterocycles. The average Bonchev–Trinajstić information content (AvgIpc) is 2.93. The van der Waals surface area contributed by atoms with E-state index in [0.717, 1.165) is 16.7 Å². The molecule has 0 amide bonds. The predicted molar refractivity (Wildman–Crippen MR) is 80.4 cm³/mol. The Kier molecular flexibility index (Phi) is 3.62. The highest BCUT2D eigenvalue weighted by molar-refractivity contribution is 6.30. The van der Waals surface area contributed by atoms with E-state index in [1.165, 1.54) is 0 Å². The van der Waals surface area contributed by atoms with Crippen LogP contribution in [0.5, 0.6) is 5.75 Å². The van der Waals surface area contributed by atoms with Gasteiger partial charge in [0.05, 0.1) is 0 Å². The third kappa shape index (κ3) is 2.90. The summed E-state index contributed by atoms with van der Waals surface area (Å²) < 4.78 is 5.28. The number of halogens is 1. The molecule has 0 aliphatic rings. The minimum absolute atomic E-state index is 0.213. The minimum Gasteiger partial charge on any atom is -0.508 e. The highest BCUT2D eigenvalue weighted by atomic mass is 35.5. The van der Waals surface area contributed by atoms with Crippen LogP contribution >= 0.6 is 11.6 Å². The number of benzene rings is 2. The fraction of sp³-hybridized carbons (Fsp3) is 0.125. The molecule has 0 unspecified atom stereocenters. The number of nitrogens with zero attached hydrogens (tertiary/aromatic N) is 2. The Morgan fingerprint density at radius 1 is 1.14 bits per heavy atom. The Bertz CT molecular complexity index is 766. The first-order chi connectivity index (χ1) is 10.1. The van der Waals surface area contributed by atoms with Crippen molar-refractivity contribution in [1.29, 1.82) is 0 Å². The minimum atomic E-state index is 0.213. The van der Waals surface area contributed by atoms with Gasteiger partial charge in [-0.05, 0) is 36.8 Å². The number of aromatic hydroxyl groups is 1. The van der Waals surface area contributed by atoms with E-state index in [1.807, 2.05) is 37.3 Å². The van der Waals surface area contributed by atoms with E-state index >= 15 is 0 Å². The fourth-order valence-electron chi connectivity index (χ4n) is 2.08. The molecular weight excluding hydrogens is 288 g/mol. The average molecular weight is 301 g/mol. The van der Waals surface area contributed by atoms with E-state index in [9.17, 15) is 5.11 Å². The second kappa shape index (κ2) is 5.58. The normalized spacial score (nSPS) is 10.8. The molecule has 0 atom stereocenters. The van der Waals surface area contributed by atoms with Gasteiger partial charge in [0.25, 0.3) is 5.89 Å². The molecule has 1 N–H and O–H groups in total. The Hall–Kier alpha value is -2.33. The van der Waals surface area contributed by atoms with Gasteiger partial charge in [-0.3, -0.25) is 0 Å². The first-order valence-corrected chi connectivity index (χ1v) is 6.87. The topological polar surface area (TPSA) is 59.2 Å². The summed E-state index contributed by atoms with van der Waals surface area (Å²) in [5.41, 5.74) is 2.52. The molecule has 0 saturated carbocycles. The van der Waals surface area contributed by atoms with Gasteiger partial charge in [0.2, 0.25) is 0 Å². The molecule has 0 bridgehead atoms. The maximum absolute atomic E-state index is 9.73. The van der Waals surface area contributed by atoms with Crippen molar-refractivity contribution in [3.05, 3.63) is 64.4 Å². The maximum atomic E-state index is 9.73. The van der Waals surface area contributed by atoms with E-state index < -0.39 is 0 Å². The van der Waals surface area contributed by atoms with Crippen molar-refractivity contribution in [1.82, 2.24) is 10.1 Å². The van der Waals surface area contributed by atoms with E-state index in [2.05, 4.69) is 10.1 Å². The zero-order chi connectivity index (χ0) is 14.8. The van der Waals surface area contributed by atoms with Crippen molar-refractivity contribution >= 4 is 11.6 Å². The predicted octanol–water partition coefficient (Wildman–Crippen LogP) is 3.99. The van der Waals surface area contributed by atoms with Crippen molar-refractivity contribution in [2.75, 3.05) is 0 Å². The molecule has 4 nitrogen and oxygen atoms in total. The first kappa shape index (κ1) is 13.6. The Labute approximate surface area is 127 Å². The molecule has 0 spiro atoms. The second-order valence-corrected chi connectivity index (χ2v) is 5.21. The van der Waals surface area contributed by atoms with Gasteiger partial charge in [-0.2, -0.15) is 4.98 Å². The van der Waals surface area contributed by atoms with Crippen molar-refractivity contribution in [3.63, 3.8) is 0 Å². The van der Waals surface area contributed by atoms with Gasteiger partial charge in [-0.1, -0.05) is 35.0 Å². The summed E-state index contributed by atoms with van der Waals surface area (Å²) in [5.74, 6) is 1.22. The summed E-state index contributed by atoms with van der Waals surface area (Å²) in [4.78, 5) is 4.38. The van der Waals surface area contributed by atoms with Crippen LogP contribution in [0.2, 0.25) is 5.02 Å². The zero-order valence-electron chi connectivity index (χ0n) is 11.4. The fourth-order valence-corrected chi connectivity index (χ4v) is 2.20. The van der Waals surface area contributed by atoms with Gasteiger partial charge in [0.1, 0.15) is 5.75 Å². The summed E-state index contributed by atoms with van der Waals surface area (Å²) in [6.07, 6.45) is 0.568. The van der Waals surface area contributed by atoms with E-state index in [0.29, 0.717) is 23.2 Å². The van der Waals surface area contributed by atoms with Crippen molar-refractivity contribution in [3.8, 4) is 17.2 Å². The lowest BCUT2D eigenvalue weighted by atomic mass is 10.1. The van der Waals surface area contributed by atoms with Crippen molar-refractivity contribution < 1.29 is 9.63 Å². The van der Waals surface area contributed by atoms with Crippen LogP contribution in [-0.4, -0.2) is 15.2 Å². The van der Waals surface area contributed by atoms with Crippen LogP contribution in [0.15, 0.2) is 47.0 Å². The number of phenols is 1. The molecule has 3 rings (SSSR count). The summed E-state index contributed by atoms with van der Waals surface area (Å²) in [6, 6.07) is 12.7. The highest BCUT2D eigenvalue weighted by Crippen LogP contribution is 2.28. The van der Waals surface area contributed by atoms with Gasteiger partial charge in [-0.25, -0.2) is 0 Å². The van der Waals surface area contributed by atoms with Crippen LogP contribution in [0.25, 0.3) is 11.5 Å². The molecule has 0 radical (unpaired) electrons. The molecular formula is C16H13ClN2O2. The molecule has 0 fully saturated rings. The molecule has 2 aromatic carbocycles. The lowest BCUT2D eigenvalue weighted by molar-refractivity contribution is 0.422. The van der Waals surface area contributed by atoms with Crippen LogP contribution in [-0.2, 0) is 6.42 Å². The SMILES string of the molecule is Cc1c(O)cccc1-c1nc(Cc2ccc(Cl)cc2)no1. The van der Waals surface area contributed by atoms with Gasteiger partial charge < -0.3 is 9.63 Å². The number of hydrogen-bond acceptors (Lipinski definition) is 4. The van der Waals surface area contributed by atoms with Gasteiger partial charge in [0, 0.05) is 22.6 Å². The standard InChI is InChI=1S/C16H13ClN2O2/c1-10-13(3-2-4-14(10)20)16-18-15(19-21-16)9-11-5-7-12(17)8-6-11/h2-8,20H,9H2,1H3. The molecule has 0 aliphatic carbocycles. The van der Waals surface area contributed by atoms with E-state index in [-0.39, 0.29) is 5.75 Å². The molecule has 3 aromatic rings. The number of phenolic OH excluding ortho intramolecular Hbond substituents is 1. The van der Waals surface area contributed by atoms with Gasteiger partial charge in [0.15, 0.2) is 5.82 Å². The monoisotopic (exact) mass is 300 g/mol. The van der Waals surface area contributed by atoms with Crippen molar-refractivity contribution in [2.45, 2.75) is 13.3 Å². The zero-order valence-corrected chi connectivity index (χ0v) is 12.1. The lowest BCUT2D eigenvalue weighted by Gasteiger charge is -2.01. The summed E-state index contributed by atoms with van der Waals surface area (Å²) in [5, 5.41) is 14.4. The van der Waals surface area contributed by atoms with Crippen molar-refractivity contribution in [2.24, 2.45) is 0 Å². The molecule has 5 heteroatoms. The summed E-state index contributed by atoms with van der Waals surface area (Å²) in [7, 11) is 0. The Morgan fingerprint density at radius 2 is 1.90 bits per heavy atom. The highest BCUT2D eigenvalue weighted by Gasteiger charge is 2.13. The third-order valence-corrected chi connectivity index (χ3v) is 3.53. The molecule has 0 saturated heterocycles. The summed E-state index contributed by atoms with van der Waals surface area (Å²) >= 11 is 5.86. The number of aromatic nitrogens is 2. The number of hydrogen-bond donors (Lipinski definition) is 1. The van der Waals surface area contributed by atoms with Crippen LogP contribution in [0, 0.1) is 6.92 Å². The summed E-state index contributed by atoms with van der Waals surface area (Å²) in [6.45, 7) is 1.81. The molecule has 1 heterocycles. The van der Waals surface area contributed by atoms with Gasteiger partial charge >= 0.3 is 0 Å². The molecule has 1 aromatic heterocycles. The van der Waals surface area contributed by atoms with E-state index in [4.69, 9.17) is 16.1 Å². The third-order valence-electron chi connectivity index (χ3n) is 3.28. The second-order valence-electron chi connectivity index (χ2n) is 4.77. The molecule has 106 valence electrons. The Balaban J connectivity index is 1.86. The first-order valence-electron chi connectivity index (χ1n) is 6.49. The van der Waals surface area contributed by atoms with Crippen LogP contribution in [0.3, 0.4) is 0 Å². The van der Waals surface area contributed by atoms with E-state index in [1.54, 1.807) is 12.1 Å². The maximum Gasteiger partial charge on any atom is 0.258 e. The van der Waals surface area contributed by atoms with Gasteiger partial charge in [-0.15, -0.1) is 0 Å². The smallest absolute Gasteiger partial charge is 0.258 e. The quantitative estimate of drug-likeness (QED) is 0.794. The number of rotatable bonds is 3. The van der Waals surface area contributed by atoms with Crippen LogP contribution in [0.1, 0.15) is 17.0 Å². The Morgan fingerprint density at radius 3 is 2.67 bits per heavy atom. The largest absolute Gasteiger partial charge is 0.508 e. The lowest BCUT2D eigenvalue weighted by Crippen LogP contribution is -1.91. The van der Waals surface area contributed by atoms with Crippen LogP contribution < -0.4 is 0 Å². The molecule has 21 heavy (non-hydrogen) atoms. The van der Waals surface area contributed by atoms with Crippen LogP contribution in [0.4, 0.5) is 0 Å².